The van der Waals surface area contributed by atoms with Gasteiger partial charge in [-0.2, -0.15) is 11.8 Å². The average Bonchev–Trinajstić information content (AvgIpc) is 2.92. The van der Waals surface area contributed by atoms with Crippen LogP contribution in [0, 0.1) is 0 Å². The van der Waals surface area contributed by atoms with Crippen molar-refractivity contribution in [2.75, 3.05) is 5.75 Å². The number of thioether (sulfide) groups is 1. The number of hydrogen-bond donors (Lipinski definition) is 0. The minimum absolute atomic E-state index is 0.131. The maximum atomic E-state index is 12.0. The molecule has 39 heavy (non-hydrogen) atoms. The van der Waals surface area contributed by atoms with Gasteiger partial charge in [-0.3, -0.25) is 4.79 Å². The maximum absolute atomic E-state index is 12.0. The molecule has 230 valence electrons. The van der Waals surface area contributed by atoms with E-state index in [0.717, 1.165) is 31.4 Å². The third kappa shape index (κ3) is 29.8. The van der Waals surface area contributed by atoms with Crippen molar-refractivity contribution in [1.29, 1.82) is 0 Å². The minimum Gasteiger partial charge on any atom is -0.549 e. The SMILES string of the molecule is CCCCCCCCCCCCCCCCC=COC(=O)CC(SCCCCCCCCCCCC)C(=O)[O-]. The molecule has 0 fully saturated rings. The van der Waals surface area contributed by atoms with Crippen LogP contribution >= 0.6 is 11.8 Å². The van der Waals surface area contributed by atoms with Gasteiger partial charge in [-0.25, -0.2) is 0 Å². The van der Waals surface area contributed by atoms with Gasteiger partial charge in [0.2, 0.25) is 0 Å². The van der Waals surface area contributed by atoms with Gasteiger partial charge in [0.05, 0.1) is 23.9 Å². The first-order valence-corrected chi connectivity index (χ1v) is 17.8. The maximum Gasteiger partial charge on any atom is 0.312 e. The molecule has 5 heteroatoms. The molecule has 0 rings (SSSR count). The van der Waals surface area contributed by atoms with Crippen molar-refractivity contribution in [2.24, 2.45) is 0 Å². The number of carbonyl (C=O) groups excluding carboxylic acids is 2. The summed E-state index contributed by atoms with van der Waals surface area (Å²) in [5.74, 6) is -0.912. The quantitative estimate of drug-likeness (QED) is 0.0473. The van der Waals surface area contributed by atoms with Crippen LogP contribution in [-0.2, 0) is 14.3 Å². The molecule has 4 nitrogen and oxygen atoms in total. The molecule has 0 saturated carbocycles. The Hall–Kier alpha value is -0.970. The van der Waals surface area contributed by atoms with Gasteiger partial charge in [0.25, 0.3) is 0 Å². The number of allylic oxidation sites excluding steroid dienone is 1. The van der Waals surface area contributed by atoms with Crippen molar-refractivity contribution < 1.29 is 19.4 Å². The second-order valence-electron chi connectivity index (χ2n) is 11.3. The Morgan fingerprint density at radius 2 is 1.00 bits per heavy atom. The molecule has 1 atom stereocenters. The largest absolute Gasteiger partial charge is 0.549 e. The van der Waals surface area contributed by atoms with Crippen molar-refractivity contribution in [1.82, 2.24) is 0 Å². The third-order valence-electron chi connectivity index (χ3n) is 7.45. The van der Waals surface area contributed by atoms with Crippen molar-refractivity contribution in [3.63, 3.8) is 0 Å². The lowest BCUT2D eigenvalue weighted by Crippen LogP contribution is -2.35. The number of hydrogen-bond acceptors (Lipinski definition) is 5. The molecular weight excluding hydrogens is 504 g/mol. The van der Waals surface area contributed by atoms with Gasteiger partial charge in [-0.15, -0.1) is 0 Å². The number of aliphatic carboxylic acids is 1. The fourth-order valence-electron chi connectivity index (χ4n) is 4.87. The summed E-state index contributed by atoms with van der Waals surface area (Å²) in [6, 6.07) is 0. The van der Waals surface area contributed by atoms with Crippen LogP contribution in [0.2, 0.25) is 0 Å². The summed E-state index contributed by atoms with van der Waals surface area (Å²) < 4.78 is 5.12. The predicted octanol–water partition coefficient (Wildman–Crippen LogP) is 10.1. The first kappa shape index (κ1) is 38.0. The van der Waals surface area contributed by atoms with Crippen LogP contribution in [0.4, 0.5) is 0 Å². The number of carbonyl (C=O) groups is 2. The van der Waals surface area contributed by atoms with Crippen LogP contribution in [0.25, 0.3) is 0 Å². The summed E-state index contributed by atoms with van der Waals surface area (Å²) in [4.78, 5) is 23.5. The van der Waals surface area contributed by atoms with Crippen LogP contribution < -0.4 is 5.11 Å². The first-order chi connectivity index (χ1) is 19.1. The lowest BCUT2D eigenvalue weighted by atomic mass is 10.0. The molecule has 0 spiro atoms. The lowest BCUT2D eigenvalue weighted by molar-refractivity contribution is -0.304. The van der Waals surface area contributed by atoms with Gasteiger partial charge < -0.3 is 14.6 Å². The van der Waals surface area contributed by atoms with Gasteiger partial charge >= 0.3 is 5.97 Å². The highest BCUT2D eigenvalue weighted by molar-refractivity contribution is 8.00. The molecular formula is C34H63O4S-. The fraction of sp³-hybridized carbons (Fsp3) is 0.882. The Labute approximate surface area is 246 Å². The number of carboxylic acids is 1. The van der Waals surface area contributed by atoms with Gasteiger partial charge in [-0.05, 0) is 31.1 Å². The summed E-state index contributed by atoms with van der Waals surface area (Å²) in [6.07, 6.45) is 35.4. The molecule has 0 aromatic rings. The van der Waals surface area contributed by atoms with E-state index in [1.54, 1.807) is 0 Å². The van der Waals surface area contributed by atoms with E-state index in [2.05, 4.69) is 13.8 Å². The van der Waals surface area contributed by atoms with Gasteiger partial charge in [0, 0.05) is 0 Å². The third-order valence-corrected chi connectivity index (χ3v) is 8.74. The summed E-state index contributed by atoms with van der Waals surface area (Å²) in [5, 5.41) is 10.6. The second kappa shape index (κ2) is 31.6. The Morgan fingerprint density at radius 1 is 0.615 bits per heavy atom. The molecule has 0 aromatic carbocycles. The summed E-state index contributed by atoms with van der Waals surface area (Å²) in [7, 11) is 0. The predicted molar refractivity (Wildman–Crippen MR) is 168 cm³/mol. The highest BCUT2D eigenvalue weighted by Crippen LogP contribution is 2.19. The van der Waals surface area contributed by atoms with Gasteiger partial charge in [-0.1, -0.05) is 155 Å². The molecule has 0 saturated heterocycles. The Bertz CT molecular complexity index is 563. The molecule has 0 aliphatic heterocycles. The number of ether oxygens (including phenoxy) is 1. The summed E-state index contributed by atoms with van der Waals surface area (Å²) >= 11 is 1.31. The van der Waals surface area contributed by atoms with Crippen molar-refractivity contribution in [3.05, 3.63) is 12.3 Å². The molecule has 0 N–H and O–H groups in total. The number of esters is 1. The Kier molecular flexibility index (Phi) is 30.8. The van der Waals surface area contributed by atoms with Crippen LogP contribution in [-0.4, -0.2) is 22.9 Å². The molecule has 0 heterocycles. The molecule has 0 aliphatic rings. The molecule has 1 unspecified atom stereocenters. The Morgan fingerprint density at radius 3 is 1.41 bits per heavy atom. The van der Waals surface area contributed by atoms with E-state index < -0.39 is 17.2 Å². The van der Waals surface area contributed by atoms with Crippen molar-refractivity contribution in [3.8, 4) is 0 Å². The Balaban J connectivity index is 3.59. The van der Waals surface area contributed by atoms with Gasteiger partial charge in [0.1, 0.15) is 0 Å². The zero-order valence-corrected chi connectivity index (χ0v) is 26.7. The van der Waals surface area contributed by atoms with E-state index in [1.807, 2.05) is 6.08 Å². The number of rotatable bonds is 31. The molecule has 0 aliphatic carbocycles. The zero-order chi connectivity index (χ0) is 28.7. The molecule has 0 aromatic heterocycles. The molecule has 0 radical (unpaired) electrons. The number of unbranched alkanes of at least 4 members (excludes halogenated alkanes) is 23. The monoisotopic (exact) mass is 567 g/mol. The number of carboxylic acid groups (broad SMARTS) is 1. The van der Waals surface area contributed by atoms with E-state index in [0.29, 0.717) is 0 Å². The van der Waals surface area contributed by atoms with Crippen LogP contribution in [0.5, 0.6) is 0 Å². The fourth-order valence-corrected chi connectivity index (χ4v) is 5.92. The lowest BCUT2D eigenvalue weighted by Gasteiger charge is -2.16. The minimum atomic E-state index is -1.17. The van der Waals surface area contributed by atoms with E-state index >= 15 is 0 Å². The van der Waals surface area contributed by atoms with Crippen LogP contribution in [0.15, 0.2) is 12.3 Å². The highest BCUT2D eigenvalue weighted by atomic mass is 32.2. The van der Waals surface area contributed by atoms with E-state index in [9.17, 15) is 14.7 Å². The standard InChI is InChI=1S/C34H64O4S/c1-3-5-7-9-11-13-15-16-17-18-19-20-21-23-25-27-29-38-33(35)31-32(34(36)37)39-30-28-26-24-22-14-12-10-8-6-4-2/h27,29,32H,3-26,28,30-31H2,1-2H3,(H,36,37)/p-1. The summed E-state index contributed by atoms with van der Waals surface area (Å²) in [5.41, 5.74) is 0. The van der Waals surface area contributed by atoms with Crippen molar-refractivity contribution >= 4 is 23.7 Å². The van der Waals surface area contributed by atoms with Gasteiger partial charge in [0.15, 0.2) is 0 Å². The molecule has 0 bridgehead atoms. The highest BCUT2D eigenvalue weighted by Gasteiger charge is 2.16. The van der Waals surface area contributed by atoms with Crippen LogP contribution in [0.1, 0.15) is 181 Å². The normalized spacial score (nSPS) is 12.3. The van der Waals surface area contributed by atoms with E-state index in [1.165, 1.54) is 153 Å². The average molecular weight is 568 g/mol. The smallest absolute Gasteiger partial charge is 0.312 e. The van der Waals surface area contributed by atoms with E-state index in [4.69, 9.17) is 4.74 Å². The topological polar surface area (TPSA) is 66.4 Å². The van der Waals surface area contributed by atoms with Crippen molar-refractivity contribution in [2.45, 2.75) is 186 Å². The van der Waals surface area contributed by atoms with Crippen LogP contribution in [0.3, 0.4) is 0 Å². The first-order valence-electron chi connectivity index (χ1n) is 16.8. The zero-order valence-electron chi connectivity index (χ0n) is 25.9. The second-order valence-corrected chi connectivity index (χ2v) is 12.6. The summed E-state index contributed by atoms with van der Waals surface area (Å²) in [6.45, 7) is 4.51. The molecule has 0 amide bonds. The van der Waals surface area contributed by atoms with E-state index in [-0.39, 0.29) is 6.42 Å².